The number of methoxy groups -OCH3 is 2. The summed E-state index contributed by atoms with van der Waals surface area (Å²) in [5, 5.41) is 4.05. The second kappa shape index (κ2) is 12.4. The number of nitrogens with zero attached hydrogens (tertiary/aromatic N) is 5. The van der Waals surface area contributed by atoms with Crippen LogP contribution in [0.4, 0.5) is 10.6 Å². The van der Waals surface area contributed by atoms with E-state index in [1.54, 1.807) is 32.9 Å². The Morgan fingerprint density at radius 1 is 1.11 bits per heavy atom. The van der Waals surface area contributed by atoms with Crippen LogP contribution in [0.15, 0.2) is 43.0 Å². The fourth-order valence-electron chi connectivity index (χ4n) is 4.73. The summed E-state index contributed by atoms with van der Waals surface area (Å²) in [7, 11) is 3.25. The molecule has 4 rings (SSSR count). The summed E-state index contributed by atoms with van der Waals surface area (Å²) in [6.45, 7) is 5.13. The van der Waals surface area contributed by atoms with Crippen LogP contribution in [-0.4, -0.2) is 72.3 Å². The average Bonchev–Trinajstić information content (AvgIpc) is 2.93. The van der Waals surface area contributed by atoms with E-state index in [1.165, 1.54) is 5.56 Å². The number of anilines is 1. The molecule has 0 aliphatic carbocycles. The van der Waals surface area contributed by atoms with E-state index in [1.807, 2.05) is 29.2 Å². The molecule has 192 valence electrons. The molecule has 36 heavy (non-hydrogen) atoms. The lowest BCUT2D eigenvalue weighted by atomic mass is 10.0. The third kappa shape index (κ3) is 5.95. The fraction of sp³-hybridized carbons (Fsp3) is 0.481. The molecule has 0 radical (unpaired) electrons. The lowest BCUT2D eigenvalue weighted by Crippen LogP contribution is -2.51. The van der Waals surface area contributed by atoms with Gasteiger partial charge in [0.25, 0.3) is 0 Å². The van der Waals surface area contributed by atoms with Crippen molar-refractivity contribution in [2.24, 2.45) is 0 Å². The SMILES string of the molecule is CCCCNC(=O)N(CCc1ccncc1)C1CCN(c2ncnc3cc(OC)c(OC)cc23)CC1. The highest BCUT2D eigenvalue weighted by Crippen LogP contribution is 2.35. The molecule has 3 aromatic rings. The topological polar surface area (TPSA) is 92.7 Å². The average molecular weight is 493 g/mol. The third-order valence-corrected chi connectivity index (χ3v) is 6.78. The van der Waals surface area contributed by atoms with Gasteiger partial charge in [0.2, 0.25) is 0 Å². The van der Waals surface area contributed by atoms with E-state index in [9.17, 15) is 4.79 Å². The van der Waals surface area contributed by atoms with Crippen molar-refractivity contribution in [3.8, 4) is 11.5 Å². The predicted octanol–water partition coefficient (Wildman–Crippen LogP) is 4.07. The molecule has 9 heteroatoms. The summed E-state index contributed by atoms with van der Waals surface area (Å²) in [4.78, 5) is 30.6. The van der Waals surface area contributed by atoms with Gasteiger partial charge in [-0.3, -0.25) is 4.98 Å². The van der Waals surface area contributed by atoms with Crippen molar-refractivity contribution in [2.75, 3.05) is 45.3 Å². The van der Waals surface area contributed by atoms with Crippen LogP contribution in [0, 0.1) is 0 Å². The number of urea groups is 1. The van der Waals surface area contributed by atoms with Gasteiger partial charge in [-0.15, -0.1) is 0 Å². The maximum atomic E-state index is 13.1. The van der Waals surface area contributed by atoms with Crippen LogP contribution in [0.3, 0.4) is 0 Å². The molecular formula is C27H36N6O3. The van der Waals surface area contributed by atoms with Crippen molar-refractivity contribution in [1.29, 1.82) is 0 Å². The highest BCUT2D eigenvalue weighted by Gasteiger charge is 2.29. The summed E-state index contributed by atoms with van der Waals surface area (Å²) < 4.78 is 10.9. The molecule has 3 heterocycles. The van der Waals surface area contributed by atoms with E-state index in [-0.39, 0.29) is 12.1 Å². The van der Waals surface area contributed by atoms with Crippen LogP contribution >= 0.6 is 0 Å². The summed E-state index contributed by atoms with van der Waals surface area (Å²) in [6.07, 6.45) is 9.79. The zero-order chi connectivity index (χ0) is 25.3. The molecule has 0 unspecified atom stereocenters. The number of hydrogen-bond donors (Lipinski definition) is 1. The van der Waals surface area contributed by atoms with Crippen molar-refractivity contribution in [2.45, 2.75) is 45.1 Å². The van der Waals surface area contributed by atoms with Crippen molar-refractivity contribution in [3.63, 3.8) is 0 Å². The minimum absolute atomic E-state index is 0.0280. The molecule has 1 aromatic carbocycles. The third-order valence-electron chi connectivity index (χ3n) is 6.78. The summed E-state index contributed by atoms with van der Waals surface area (Å²) in [5.74, 6) is 2.18. The molecule has 1 fully saturated rings. The number of rotatable bonds is 10. The van der Waals surface area contributed by atoms with Gasteiger partial charge in [-0.05, 0) is 49.4 Å². The number of pyridine rings is 1. The molecule has 0 atom stereocenters. The first kappa shape index (κ1) is 25.5. The van der Waals surface area contributed by atoms with Gasteiger partial charge in [0, 0.05) is 56.1 Å². The number of piperidine rings is 1. The Labute approximate surface area is 212 Å². The number of amides is 2. The van der Waals surface area contributed by atoms with Gasteiger partial charge in [-0.2, -0.15) is 0 Å². The zero-order valence-electron chi connectivity index (χ0n) is 21.4. The van der Waals surface area contributed by atoms with E-state index < -0.39 is 0 Å². The number of nitrogens with one attached hydrogen (secondary N) is 1. The van der Waals surface area contributed by atoms with E-state index in [4.69, 9.17) is 9.47 Å². The second-order valence-electron chi connectivity index (χ2n) is 9.02. The molecule has 2 amide bonds. The lowest BCUT2D eigenvalue weighted by Gasteiger charge is -2.39. The van der Waals surface area contributed by atoms with E-state index in [2.05, 4.69) is 32.1 Å². The van der Waals surface area contributed by atoms with Gasteiger partial charge >= 0.3 is 6.03 Å². The molecule has 2 aromatic heterocycles. The van der Waals surface area contributed by atoms with Gasteiger partial charge in [0.05, 0.1) is 19.7 Å². The fourth-order valence-corrected chi connectivity index (χ4v) is 4.73. The monoisotopic (exact) mass is 492 g/mol. The first-order valence-corrected chi connectivity index (χ1v) is 12.7. The maximum absolute atomic E-state index is 13.1. The Kier molecular flexibility index (Phi) is 8.76. The van der Waals surface area contributed by atoms with Crippen molar-refractivity contribution < 1.29 is 14.3 Å². The van der Waals surface area contributed by atoms with Crippen LogP contribution in [0.25, 0.3) is 10.9 Å². The highest BCUT2D eigenvalue weighted by molar-refractivity contribution is 5.92. The van der Waals surface area contributed by atoms with Crippen LogP contribution < -0.4 is 19.7 Å². The van der Waals surface area contributed by atoms with Crippen molar-refractivity contribution in [3.05, 3.63) is 48.5 Å². The predicted molar refractivity (Wildman–Crippen MR) is 141 cm³/mol. The van der Waals surface area contributed by atoms with Gasteiger partial charge in [-0.25, -0.2) is 14.8 Å². The Bertz CT molecular complexity index is 1140. The Balaban J connectivity index is 1.48. The summed E-state index contributed by atoms with van der Waals surface area (Å²) >= 11 is 0. The quantitative estimate of drug-likeness (QED) is 0.427. The maximum Gasteiger partial charge on any atom is 0.317 e. The van der Waals surface area contributed by atoms with E-state index in [0.717, 1.165) is 61.9 Å². The van der Waals surface area contributed by atoms with Crippen molar-refractivity contribution in [1.82, 2.24) is 25.2 Å². The standard InChI is InChI=1S/C27H36N6O3/c1-4-5-11-29-27(34)33(16-8-20-6-12-28-13-7-20)21-9-14-32(15-10-21)26-22-17-24(35-2)25(36-3)18-23(22)30-19-31-26/h6-7,12-13,17-19,21H,4-5,8-11,14-16H2,1-3H3,(H,29,34). The van der Waals surface area contributed by atoms with Crippen LogP contribution in [-0.2, 0) is 6.42 Å². The number of fused-ring (bicyclic) bond motifs is 1. The zero-order valence-corrected chi connectivity index (χ0v) is 21.4. The van der Waals surface area contributed by atoms with E-state index >= 15 is 0 Å². The van der Waals surface area contributed by atoms with Crippen LogP contribution in [0.5, 0.6) is 11.5 Å². The molecule has 0 spiro atoms. The molecule has 0 saturated carbocycles. The highest BCUT2D eigenvalue weighted by atomic mass is 16.5. The number of carbonyl (C=O) groups excluding carboxylic acids is 1. The minimum atomic E-state index is 0.0280. The smallest absolute Gasteiger partial charge is 0.317 e. The molecule has 9 nitrogen and oxygen atoms in total. The largest absolute Gasteiger partial charge is 0.493 e. The first-order valence-electron chi connectivity index (χ1n) is 12.7. The second-order valence-corrected chi connectivity index (χ2v) is 9.02. The number of benzene rings is 1. The molecule has 1 aliphatic heterocycles. The van der Waals surface area contributed by atoms with E-state index in [0.29, 0.717) is 24.6 Å². The van der Waals surface area contributed by atoms with Gasteiger partial charge in [-0.1, -0.05) is 13.3 Å². The Morgan fingerprint density at radius 3 is 2.53 bits per heavy atom. The van der Waals surface area contributed by atoms with Gasteiger partial charge < -0.3 is 24.6 Å². The number of hydrogen-bond acceptors (Lipinski definition) is 7. The van der Waals surface area contributed by atoms with Gasteiger partial charge in [0.1, 0.15) is 12.1 Å². The van der Waals surface area contributed by atoms with Gasteiger partial charge in [0.15, 0.2) is 11.5 Å². The molecular weight excluding hydrogens is 456 g/mol. The Hall–Kier alpha value is -3.62. The number of carbonyl (C=O) groups is 1. The number of unbranched alkanes of at least 4 members (excludes halogenated alkanes) is 1. The number of aromatic nitrogens is 3. The Morgan fingerprint density at radius 2 is 1.83 bits per heavy atom. The molecule has 1 saturated heterocycles. The summed E-state index contributed by atoms with van der Waals surface area (Å²) in [6, 6.07) is 8.05. The normalized spacial score (nSPS) is 14.0. The number of ether oxygens (including phenoxy) is 2. The molecule has 0 bridgehead atoms. The lowest BCUT2D eigenvalue weighted by molar-refractivity contribution is 0.163. The molecule has 1 N–H and O–H groups in total. The van der Waals surface area contributed by atoms with Crippen molar-refractivity contribution >= 4 is 22.8 Å². The van der Waals surface area contributed by atoms with Crippen LogP contribution in [0.2, 0.25) is 0 Å². The summed E-state index contributed by atoms with van der Waals surface area (Å²) in [5.41, 5.74) is 2.00. The molecule has 1 aliphatic rings. The first-order chi connectivity index (χ1) is 17.6. The van der Waals surface area contributed by atoms with Crippen LogP contribution in [0.1, 0.15) is 38.2 Å². The minimum Gasteiger partial charge on any atom is -0.493 e.